The monoisotopic (exact) mass is 285 g/mol. The van der Waals surface area contributed by atoms with Crippen LogP contribution in [0.1, 0.15) is 29.7 Å². The largest absolute Gasteiger partial charge is 0.389 e. The van der Waals surface area contributed by atoms with Crippen molar-refractivity contribution in [2.24, 2.45) is 5.73 Å². The number of benzene rings is 1. The molecule has 108 valence electrons. The fourth-order valence-electron chi connectivity index (χ4n) is 1.73. The molecule has 2 aromatic rings. The molecule has 1 aromatic heterocycles. The summed E-state index contributed by atoms with van der Waals surface area (Å²) >= 11 is 0. The van der Waals surface area contributed by atoms with Crippen LogP contribution >= 0.6 is 0 Å². The van der Waals surface area contributed by atoms with Crippen molar-refractivity contribution in [3.8, 4) is 0 Å². The molecule has 0 aliphatic carbocycles. The van der Waals surface area contributed by atoms with E-state index in [4.69, 9.17) is 10.3 Å². The quantitative estimate of drug-likeness (QED) is 0.917. The van der Waals surface area contributed by atoms with E-state index in [1.807, 2.05) is 30.3 Å². The van der Waals surface area contributed by atoms with Crippen molar-refractivity contribution in [2.75, 3.05) is 0 Å². The maximum absolute atomic E-state index is 12.1. The van der Waals surface area contributed by atoms with Crippen LogP contribution in [0.25, 0.3) is 0 Å². The highest BCUT2D eigenvalue weighted by Crippen LogP contribution is 2.22. The molecule has 0 spiro atoms. The van der Waals surface area contributed by atoms with E-state index < -0.39 is 18.6 Å². The summed E-state index contributed by atoms with van der Waals surface area (Å²) in [6.45, 7) is 0. The average molecular weight is 285 g/mol. The van der Waals surface area contributed by atoms with Crippen LogP contribution in [-0.2, 0) is 12.8 Å². The molecule has 0 fully saturated rings. The minimum absolute atomic E-state index is 0.0286. The van der Waals surface area contributed by atoms with E-state index in [0.29, 0.717) is 6.42 Å². The number of nitrogens with zero attached hydrogens (tertiary/aromatic N) is 2. The first-order valence-corrected chi connectivity index (χ1v) is 6.13. The van der Waals surface area contributed by atoms with Gasteiger partial charge in [0.05, 0.1) is 12.5 Å². The third kappa shape index (κ3) is 4.34. The fraction of sp³-hybridized carbons (Fsp3) is 0.385. The van der Waals surface area contributed by atoms with Crippen LogP contribution in [0.3, 0.4) is 0 Å². The molecule has 1 heterocycles. The summed E-state index contributed by atoms with van der Waals surface area (Å²) in [6.07, 6.45) is -5.01. The molecule has 0 unspecified atom stereocenters. The Kier molecular flexibility index (Phi) is 4.39. The van der Waals surface area contributed by atoms with E-state index in [1.54, 1.807) is 0 Å². The van der Waals surface area contributed by atoms with Crippen molar-refractivity contribution in [1.82, 2.24) is 10.1 Å². The van der Waals surface area contributed by atoms with Crippen molar-refractivity contribution in [1.29, 1.82) is 0 Å². The second-order valence-electron chi connectivity index (χ2n) is 4.46. The lowest BCUT2D eigenvalue weighted by Crippen LogP contribution is -2.14. The third-order valence-corrected chi connectivity index (χ3v) is 2.73. The second-order valence-corrected chi connectivity index (χ2v) is 4.46. The molecular formula is C13H14F3N3O. The number of hydrogen-bond donors (Lipinski definition) is 1. The smallest absolute Gasteiger partial charge is 0.338 e. The number of aromatic nitrogens is 2. The molecule has 20 heavy (non-hydrogen) atoms. The molecule has 0 aliphatic heterocycles. The summed E-state index contributed by atoms with van der Waals surface area (Å²) in [5.41, 5.74) is 6.90. The summed E-state index contributed by atoms with van der Waals surface area (Å²) in [6, 6.07) is 8.93. The van der Waals surface area contributed by atoms with Crippen molar-refractivity contribution in [2.45, 2.75) is 31.5 Å². The van der Waals surface area contributed by atoms with Gasteiger partial charge in [-0.1, -0.05) is 35.5 Å². The molecule has 7 heteroatoms. The predicted molar refractivity (Wildman–Crippen MR) is 65.7 cm³/mol. The molecular weight excluding hydrogens is 271 g/mol. The summed E-state index contributed by atoms with van der Waals surface area (Å²) in [5.74, 6) is 0.187. The molecule has 0 amide bonds. The Morgan fingerprint density at radius 2 is 1.90 bits per heavy atom. The Morgan fingerprint density at radius 1 is 1.20 bits per heavy atom. The van der Waals surface area contributed by atoms with Crippen LogP contribution in [-0.4, -0.2) is 16.3 Å². The van der Waals surface area contributed by atoms with Crippen molar-refractivity contribution in [3.63, 3.8) is 0 Å². The Hall–Kier alpha value is -1.89. The zero-order valence-electron chi connectivity index (χ0n) is 10.6. The summed E-state index contributed by atoms with van der Waals surface area (Å²) in [5, 5.41) is 3.52. The molecule has 0 aliphatic rings. The minimum Gasteiger partial charge on any atom is -0.338 e. The number of hydrogen-bond acceptors (Lipinski definition) is 4. The maximum atomic E-state index is 12.1. The Morgan fingerprint density at radius 3 is 2.55 bits per heavy atom. The first kappa shape index (κ1) is 14.5. The van der Waals surface area contributed by atoms with Gasteiger partial charge in [0, 0.05) is 6.42 Å². The fourth-order valence-corrected chi connectivity index (χ4v) is 1.73. The molecule has 4 nitrogen and oxygen atoms in total. The van der Waals surface area contributed by atoms with E-state index in [2.05, 4.69) is 10.1 Å². The molecule has 0 bridgehead atoms. The topological polar surface area (TPSA) is 64.9 Å². The summed E-state index contributed by atoms with van der Waals surface area (Å²) in [4.78, 5) is 3.91. The van der Waals surface area contributed by atoms with Gasteiger partial charge in [-0.15, -0.1) is 0 Å². The Bertz CT molecular complexity index is 539. The number of rotatable bonds is 5. The number of halogens is 3. The van der Waals surface area contributed by atoms with Gasteiger partial charge in [-0.3, -0.25) is 0 Å². The van der Waals surface area contributed by atoms with Gasteiger partial charge in [0.25, 0.3) is 0 Å². The van der Waals surface area contributed by atoms with Gasteiger partial charge >= 0.3 is 6.18 Å². The highest BCUT2D eigenvalue weighted by atomic mass is 19.4. The van der Waals surface area contributed by atoms with Gasteiger partial charge < -0.3 is 10.3 Å². The maximum Gasteiger partial charge on any atom is 0.389 e. The lowest BCUT2D eigenvalue weighted by molar-refractivity contribution is -0.134. The summed E-state index contributed by atoms with van der Waals surface area (Å²) in [7, 11) is 0. The summed E-state index contributed by atoms with van der Waals surface area (Å²) < 4.78 is 41.2. The Balaban J connectivity index is 1.94. The van der Waals surface area contributed by atoms with Gasteiger partial charge in [-0.25, -0.2) is 0 Å². The van der Waals surface area contributed by atoms with Gasteiger partial charge in [-0.2, -0.15) is 18.2 Å². The van der Waals surface area contributed by atoms with E-state index in [1.165, 1.54) is 0 Å². The highest BCUT2D eigenvalue weighted by molar-refractivity contribution is 5.16. The Labute approximate surface area is 113 Å². The van der Waals surface area contributed by atoms with Gasteiger partial charge in [-0.05, 0) is 12.0 Å². The van der Waals surface area contributed by atoms with E-state index in [-0.39, 0.29) is 18.1 Å². The molecule has 0 saturated heterocycles. The number of alkyl halides is 3. The minimum atomic E-state index is -4.23. The van der Waals surface area contributed by atoms with Crippen molar-refractivity contribution in [3.05, 3.63) is 47.6 Å². The predicted octanol–water partition coefficient (Wildman–Crippen LogP) is 2.81. The van der Waals surface area contributed by atoms with E-state index >= 15 is 0 Å². The third-order valence-electron chi connectivity index (χ3n) is 2.73. The standard InChI is InChI=1S/C13H14F3N3O/c14-13(15,16)7-6-11-18-12(20-19-11)10(17)8-9-4-2-1-3-5-9/h1-5,10H,6-8,17H2/t10-/m0/s1. The van der Waals surface area contributed by atoms with Crippen LogP contribution < -0.4 is 5.73 Å². The first-order valence-electron chi connectivity index (χ1n) is 6.13. The molecule has 0 radical (unpaired) electrons. The molecule has 2 N–H and O–H groups in total. The first-order chi connectivity index (χ1) is 9.44. The van der Waals surface area contributed by atoms with E-state index in [0.717, 1.165) is 5.56 Å². The van der Waals surface area contributed by atoms with Crippen LogP contribution in [0.2, 0.25) is 0 Å². The van der Waals surface area contributed by atoms with Crippen molar-refractivity contribution >= 4 is 0 Å². The van der Waals surface area contributed by atoms with E-state index in [9.17, 15) is 13.2 Å². The second kappa shape index (κ2) is 6.04. The van der Waals surface area contributed by atoms with Gasteiger partial charge in [0.1, 0.15) is 0 Å². The average Bonchev–Trinajstić information content (AvgIpc) is 2.86. The number of aryl methyl sites for hydroxylation is 1. The van der Waals surface area contributed by atoms with Gasteiger partial charge in [0.2, 0.25) is 5.89 Å². The van der Waals surface area contributed by atoms with Crippen molar-refractivity contribution < 1.29 is 17.7 Å². The molecule has 1 aromatic carbocycles. The van der Waals surface area contributed by atoms with Crippen LogP contribution in [0.5, 0.6) is 0 Å². The molecule has 1 atom stereocenters. The normalized spacial score (nSPS) is 13.4. The zero-order chi connectivity index (χ0) is 14.6. The van der Waals surface area contributed by atoms with Crippen LogP contribution in [0, 0.1) is 0 Å². The lowest BCUT2D eigenvalue weighted by atomic mass is 10.1. The number of nitrogens with two attached hydrogens (primary N) is 1. The van der Waals surface area contributed by atoms with Crippen LogP contribution in [0.15, 0.2) is 34.9 Å². The van der Waals surface area contributed by atoms with Gasteiger partial charge in [0.15, 0.2) is 5.82 Å². The highest BCUT2D eigenvalue weighted by Gasteiger charge is 2.28. The molecule has 2 rings (SSSR count). The molecule has 0 saturated carbocycles. The zero-order valence-corrected chi connectivity index (χ0v) is 10.6. The lowest BCUT2D eigenvalue weighted by Gasteiger charge is -2.06. The van der Waals surface area contributed by atoms with Crippen LogP contribution in [0.4, 0.5) is 13.2 Å². The SMILES string of the molecule is N[C@@H](Cc1ccccc1)c1nc(CCC(F)(F)F)no1.